The van der Waals surface area contributed by atoms with Crippen LogP contribution in [0.5, 0.6) is 11.5 Å². The molecule has 0 saturated carbocycles. The summed E-state index contributed by atoms with van der Waals surface area (Å²) in [4.78, 5) is 0. The minimum Gasteiger partial charge on any atom is -0.508 e. The number of hydrogen-bond acceptors (Lipinski definition) is 3. The van der Waals surface area contributed by atoms with Crippen molar-refractivity contribution < 1.29 is 10.2 Å². The number of aromatic hydroxyl groups is 2. The molecule has 0 aliphatic heterocycles. The third-order valence-corrected chi connectivity index (χ3v) is 3.53. The lowest BCUT2D eigenvalue weighted by molar-refractivity contribution is 0.470. The zero-order valence-electron chi connectivity index (χ0n) is 11.9. The number of nitrogens with zero attached hydrogens (tertiary/aromatic N) is 2. The first-order valence-corrected chi connectivity index (χ1v) is 6.70. The van der Waals surface area contributed by atoms with E-state index in [1.165, 1.54) is 0 Å². The van der Waals surface area contributed by atoms with E-state index < -0.39 is 0 Å². The van der Waals surface area contributed by atoms with Gasteiger partial charge in [-0.1, -0.05) is 0 Å². The van der Waals surface area contributed by atoms with Crippen molar-refractivity contribution in [2.45, 2.75) is 13.8 Å². The molecule has 0 radical (unpaired) electrons. The van der Waals surface area contributed by atoms with Crippen LogP contribution in [0.3, 0.4) is 0 Å². The summed E-state index contributed by atoms with van der Waals surface area (Å²) in [6.07, 6.45) is 1.88. The predicted molar refractivity (Wildman–Crippen MR) is 81.8 cm³/mol. The van der Waals surface area contributed by atoms with E-state index in [9.17, 15) is 10.2 Å². The minimum atomic E-state index is 0.278. The van der Waals surface area contributed by atoms with Gasteiger partial charge in [0.25, 0.3) is 0 Å². The van der Waals surface area contributed by atoms with Crippen molar-refractivity contribution in [2.24, 2.45) is 0 Å². The molecule has 3 aromatic rings. The lowest BCUT2D eigenvalue weighted by atomic mass is 10.1. The van der Waals surface area contributed by atoms with Gasteiger partial charge in [-0.15, -0.1) is 0 Å². The number of phenolic OH excluding ortho intramolecular Hbond substituents is 2. The van der Waals surface area contributed by atoms with Gasteiger partial charge in [0.05, 0.1) is 11.4 Å². The maximum atomic E-state index is 9.58. The molecule has 1 heterocycles. The highest BCUT2D eigenvalue weighted by atomic mass is 16.3. The van der Waals surface area contributed by atoms with E-state index in [0.29, 0.717) is 0 Å². The van der Waals surface area contributed by atoms with Gasteiger partial charge in [0, 0.05) is 11.8 Å². The Morgan fingerprint density at radius 2 is 1.52 bits per heavy atom. The van der Waals surface area contributed by atoms with E-state index >= 15 is 0 Å². The van der Waals surface area contributed by atoms with Gasteiger partial charge >= 0.3 is 0 Å². The highest BCUT2D eigenvalue weighted by Crippen LogP contribution is 2.25. The highest BCUT2D eigenvalue weighted by Gasteiger charge is 2.07. The molecule has 0 atom stereocenters. The first-order valence-electron chi connectivity index (χ1n) is 6.70. The molecule has 4 nitrogen and oxygen atoms in total. The Labute approximate surface area is 122 Å². The molecule has 0 aliphatic carbocycles. The fourth-order valence-electron chi connectivity index (χ4n) is 2.22. The van der Waals surface area contributed by atoms with Crippen LogP contribution in [0.4, 0.5) is 0 Å². The molecule has 2 aromatic carbocycles. The first kappa shape index (κ1) is 13.2. The lowest BCUT2D eigenvalue weighted by Crippen LogP contribution is -1.95. The molecule has 3 rings (SSSR count). The van der Waals surface area contributed by atoms with E-state index in [1.54, 1.807) is 16.8 Å². The van der Waals surface area contributed by atoms with Crippen LogP contribution in [-0.4, -0.2) is 20.0 Å². The fourth-order valence-corrected chi connectivity index (χ4v) is 2.22. The van der Waals surface area contributed by atoms with E-state index in [2.05, 4.69) is 5.10 Å². The average Bonchev–Trinajstić information content (AvgIpc) is 2.94. The second-order valence-corrected chi connectivity index (χ2v) is 5.12. The summed E-state index contributed by atoms with van der Waals surface area (Å²) in [5.41, 5.74) is 4.32. The van der Waals surface area contributed by atoms with Crippen LogP contribution >= 0.6 is 0 Å². The smallest absolute Gasteiger partial charge is 0.118 e. The zero-order valence-corrected chi connectivity index (χ0v) is 11.9. The Hall–Kier alpha value is -2.75. The van der Waals surface area contributed by atoms with Crippen LogP contribution < -0.4 is 0 Å². The van der Waals surface area contributed by atoms with Gasteiger partial charge in [0.1, 0.15) is 11.5 Å². The molecule has 0 saturated heterocycles. The van der Waals surface area contributed by atoms with Crippen LogP contribution in [0.2, 0.25) is 0 Å². The first-order chi connectivity index (χ1) is 10.0. The Bertz CT molecular complexity index is 740. The van der Waals surface area contributed by atoms with Crippen LogP contribution in [0.25, 0.3) is 16.9 Å². The van der Waals surface area contributed by atoms with Crippen LogP contribution in [0, 0.1) is 13.8 Å². The monoisotopic (exact) mass is 280 g/mol. The topological polar surface area (TPSA) is 58.3 Å². The van der Waals surface area contributed by atoms with Crippen LogP contribution in [0.1, 0.15) is 11.1 Å². The van der Waals surface area contributed by atoms with E-state index in [-0.39, 0.29) is 11.5 Å². The van der Waals surface area contributed by atoms with E-state index in [4.69, 9.17) is 0 Å². The summed E-state index contributed by atoms with van der Waals surface area (Å²) in [7, 11) is 0. The largest absolute Gasteiger partial charge is 0.508 e. The van der Waals surface area contributed by atoms with Gasteiger partial charge in [-0.05, 0) is 67.4 Å². The van der Waals surface area contributed by atoms with Gasteiger partial charge < -0.3 is 10.2 Å². The fraction of sp³-hybridized carbons (Fsp3) is 0.118. The van der Waals surface area contributed by atoms with E-state index in [1.807, 2.05) is 50.4 Å². The second kappa shape index (κ2) is 4.98. The average molecular weight is 280 g/mol. The molecule has 2 N–H and O–H groups in total. The Morgan fingerprint density at radius 1 is 0.857 bits per heavy atom. The number of rotatable bonds is 2. The van der Waals surface area contributed by atoms with E-state index in [0.717, 1.165) is 28.1 Å². The molecule has 106 valence electrons. The Morgan fingerprint density at radius 3 is 2.19 bits per heavy atom. The van der Waals surface area contributed by atoms with Crippen LogP contribution in [0.15, 0.2) is 48.7 Å². The van der Waals surface area contributed by atoms with Crippen molar-refractivity contribution in [3.63, 3.8) is 0 Å². The van der Waals surface area contributed by atoms with Crippen molar-refractivity contribution in [3.8, 4) is 28.4 Å². The lowest BCUT2D eigenvalue weighted by Gasteiger charge is -2.05. The summed E-state index contributed by atoms with van der Waals surface area (Å²) in [5, 5.41) is 23.7. The number of aryl methyl sites for hydroxylation is 2. The number of benzene rings is 2. The molecule has 0 fully saturated rings. The SMILES string of the molecule is Cc1cc(-c2ccn(-c3ccc(O)c(C)c3)n2)ccc1O. The quantitative estimate of drug-likeness (QED) is 0.754. The molecular weight excluding hydrogens is 264 g/mol. The molecule has 0 aliphatic rings. The Balaban J connectivity index is 1.99. The molecular formula is C17H16N2O2. The van der Waals surface area contributed by atoms with Gasteiger partial charge in [0.2, 0.25) is 0 Å². The van der Waals surface area contributed by atoms with Crippen molar-refractivity contribution in [3.05, 3.63) is 59.8 Å². The van der Waals surface area contributed by atoms with Crippen molar-refractivity contribution >= 4 is 0 Å². The third-order valence-electron chi connectivity index (χ3n) is 3.53. The van der Waals surface area contributed by atoms with Gasteiger partial charge in [-0.2, -0.15) is 5.10 Å². The second-order valence-electron chi connectivity index (χ2n) is 5.12. The highest BCUT2D eigenvalue weighted by molar-refractivity contribution is 5.62. The maximum Gasteiger partial charge on any atom is 0.118 e. The van der Waals surface area contributed by atoms with Gasteiger partial charge in [0.15, 0.2) is 0 Å². The van der Waals surface area contributed by atoms with Crippen molar-refractivity contribution in [2.75, 3.05) is 0 Å². The van der Waals surface area contributed by atoms with Crippen molar-refractivity contribution in [1.29, 1.82) is 0 Å². The number of aromatic nitrogens is 2. The third kappa shape index (κ3) is 2.48. The summed E-state index contributed by atoms with van der Waals surface area (Å²) < 4.78 is 1.77. The summed E-state index contributed by atoms with van der Waals surface area (Å²) in [6, 6.07) is 12.7. The summed E-state index contributed by atoms with van der Waals surface area (Å²) >= 11 is 0. The number of phenols is 2. The molecule has 0 amide bonds. The minimum absolute atomic E-state index is 0.278. The number of hydrogen-bond donors (Lipinski definition) is 2. The molecule has 4 heteroatoms. The van der Waals surface area contributed by atoms with Gasteiger partial charge in [-0.25, -0.2) is 4.68 Å². The Kier molecular flexibility index (Phi) is 3.14. The summed E-state index contributed by atoms with van der Waals surface area (Å²) in [6.45, 7) is 3.71. The molecule has 0 bridgehead atoms. The molecule has 0 unspecified atom stereocenters. The summed E-state index contributed by atoms with van der Waals surface area (Å²) in [5.74, 6) is 0.563. The normalized spacial score (nSPS) is 10.8. The maximum absolute atomic E-state index is 9.58. The predicted octanol–water partition coefficient (Wildman–Crippen LogP) is 3.57. The van der Waals surface area contributed by atoms with Crippen LogP contribution in [-0.2, 0) is 0 Å². The molecule has 0 spiro atoms. The molecule has 1 aromatic heterocycles. The molecule has 21 heavy (non-hydrogen) atoms. The van der Waals surface area contributed by atoms with Gasteiger partial charge in [-0.3, -0.25) is 0 Å². The zero-order chi connectivity index (χ0) is 15.0. The standard InChI is InChI=1S/C17H16N2O2/c1-11-9-13(3-5-16(11)20)15-7-8-19(18-15)14-4-6-17(21)12(2)10-14/h3-10,20-21H,1-2H3. The van der Waals surface area contributed by atoms with Crippen molar-refractivity contribution in [1.82, 2.24) is 9.78 Å².